The summed E-state index contributed by atoms with van der Waals surface area (Å²) in [6, 6.07) is 3.97. The Morgan fingerprint density at radius 2 is 1.79 bits per heavy atom. The Bertz CT molecular complexity index is 532. The van der Waals surface area contributed by atoms with Crippen molar-refractivity contribution in [2.24, 2.45) is 5.41 Å². The van der Waals surface area contributed by atoms with E-state index in [0.717, 1.165) is 26.2 Å². The van der Waals surface area contributed by atoms with Crippen LogP contribution >= 0.6 is 0 Å². The van der Waals surface area contributed by atoms with Crippen LogP contribution in [0, 0.1) is 28.4 Å². The van der Waals surface area contributed by atoms with Gasteiger partial charge in [0.2, 0.25) is 0 Å². The van der Waals surface area contributed by atoms with Gasteiger partial charge < -0.3 is 9.74 Å². The summed E-state index contributed by atoms with van der Waals surface area (Å²) in [6.07, 6.45) is 0. The lowest BCUT2D eigenvalue weighted by atomic mass is 9.74. The molecule has 0 aliphatic carbocycles. The fraction of sp³-hybridized carbons (Fsp3) is 0.462. The summed E-state index contributed by atoms with van der Waals surface area (Å²) in [5.41, 5.74) is 0.167. The molecule has 2 fully saturated rings. The Morgan fingerprint density at radius 3 is 2.26 bits per heavy atom. The van der Waals surface area contributed by atoms with Gasteiger partial charge in [-0.25, -0.2) is 8.78 Å². The lowest BCUT2D eigenvalue weighted by Gasteiger charge is -2.59. The molecule has 0 amide bonds. The highest BCUT2D eigenvalue weighted by Crippen LogP contribution is 2.42. The van der Waals surface area contributed by atoms with E-state index in [4.69, 9.17) is 10.1 Å². The SMILES string of the molecule is CON1CC2(C1)CN(c1cc(F)c(C#N)c(F)c1)C2. The fourth-order valence-corrected chi connectivity index (χ4v) is 2.83. The average Bonchev–Trinajstić information content (AvgIpc) is 2.25. The Kier molecular flexibility index (Phi) is 2.69. The van der Waals surface area contributed by atoms with Crippen LogP contribution in [0.15, 0.2) is 12.1 Å². The molecule has 0 saturated carbocycles. The van der Waals surface area contributed by atoms with Crippen molar-refractivity contribution < 1.29 is 13.6 Å². The molecule has 1 aromatic carbocycles. The van der Waals surface area contributed by atoms with Crippen molar-refractivity contribution in [3.63, 3.8) is 0 Å². The van der Waals surface area contributed by atoms with E-state index in [1.807, 2.05) is 9.96 Å². The molecule has 2 heterocycles. The fourth-order valence-electron chi connectivity index (χ4n) is 2.83. The highest BCUT2D eigenvalue weighted by atomic mass is 19.1. The van der Waals surface area contributed by atoms with Gasteiger partial charge in [0, 0.05) is 37.3 Å². The van der Waals surface area contributed by atoms with Crippen LogP contribution in [0.2, 0.25) is 0 Å². The first-order valence-corrected chi connectivity index (χ1v) is 6.00. The molecule has 6 heteroatoms. The van der Waals surface area contributed by atoms with E-state index < -0.39 is 17.2 Å². The highest BCUT2D eigenvalue weighted by Gasteiger charge is 2.52. The third kappa shape index (κ3) is 1.86. The van der Waals surface area contributed by atoms with Gasteiger partial charge in [-0.1, -0.05) is 0 Å². The van der Waals surface area contributed by atoms with E-state index in [1.54, 1.807) is 7.11 Å². The van der Waals surface area contributed by atoms with Crippen molar-refractivity contribution in [2.45, 2.75) is 0 Å². The van der Waals surface area contributed by atoms with Crippen molar-refractivity contribution in [2.75, 3.05) is 38.2 Å². The smallest absolute Gasteiger partial charge is 0.146 e. The van der Waals surface area contributed by atoms with Crippen molar-refractivity contribution in [1.82, 2.24) is 5.06 Å². The number of halogens is 2. The average molecular weight is 265 g/mol. The summed E-state index contributed by atoms with van der Waals surface area (Å²) in [6.45, 7) is 3.22. The molecule has 2 saturated heterocycles. The minimum atomic E-state index is -0.800. The Labute approximate surface area is 109 Å². The largest absolute Gasteiger partial charge is 0.370 e. The number of hydrogen-bond acceptors (Lipinski definition) is 4. The number of rotatable bonds is 2. The maximum absolute atomic E-state index is 13.5. The van der Waals surface area contributed by atoms with Crippen molar-refractivity contribution in [3.8, 4) is 6.07 Å². The van der Waals surface area contributed by atoms with Gasteiger partial charge in [0.25, 0.3) is 0 Å². The Balaban J connectivity index is 1.72. The van der Waals surface area contributed by atoms with E-state index in [9.17, 15) is 8.78 Å². The molecule has 0 atom stereocenters. The number of anilines is 1. The Hall–Kier alpha value is -1.71. The highest BCUT2D eigenvalue weighted by molar-refractivity contribution is 5.54. The van der Waals surface area contributed by atoms with Crippen LogP contribution in [0.25, 0.3) is 0 Å². The number of hydroxylamine groups is 2. The van der Waals surface area contributed by atoms with Crippen LogP contribution in [-0.2, 0) is 4.84 Å². The predicted octanol–water partition coefficient (Wildman–Crippen LogP) is 1.52. The molecule has 4 nitrogen and oxygen atoms in total. The lowest BCUT2D eigenvalue weighted by molar-refractivity contribution is -0.237. The van der Waals surface area contributed by atoms with Gasteiger partial charge in [-0.15, -0.1) is 0 Å². The second-order valence-electron chi connectivity index (χ2n) is 5.23. The first-order chi connectivity index (χ1) is 9.07. The first-order valence-electron chi connectivity index (χ1n) is 6.00. The summed E-state index contributed by atoms with van der Waals surface area (Å²) in [5.74, 6) is -1.60. The zero-order valence-electron chi connectivity index (χ0n) is 10.5. The van der Waals surface area contributed by atoms with Crippen LogP contribution in [0.1, 0.15) is 5.56 Å². The molecule has 0 N–H and O–H groups in total. The molecule has 2 aliphatic rings. The Morgan fingerprint density at radius 1 is 1.21 bits per heavy atom. The van der Waals surface area contributed by atoms with Gasteiger partial charge in [0.1, 0.15) is 23.3 Å². The molecule has 0 bridgehead atoms. The summed E-state index contributed by atoms with van der Waals surface area (Å²) >= 11 is 0. The van der Waals surface area contributed by atoms with Crippen LogP contribution in [0.5, 0.6) is 0 Å². The molecular weight excluding hydrogens is 252 g/mol. The molecular formula is C13H13F2N3O. The molecule has 2 aliphatic heterocycles. The molecule has 1 spiro atoms. The minimum Gasteiger partial charge on any atom is -0.370 e. The standard InChI is InChI=1S/C13H13F2N3O/c1-19-18-7-13(8-18)5-17(6-13)9-2-11(14)10(4-16)12(15)3-9/h2-3H,5-8H2,1H3. The summed E-state index contributed by atoms with van der Waals surface area (Å²) in [7, 11) is 1.63. The predicted molar refractivity (Wildman–Crippen MR) is 64.3 cm³/mol. The van der Waals surface area contributed by atoms with Gasteiger partial charge in [-0.05, 0) is 12.1 Å². The van der Waals surface area contributed by atoms with Gasteiger partial charge in [-0.3, -0.25) is 0 Å². The van der Waals surface area contributed by atoms with E-state index in [2.05, 4.69) is 0 Å². The second kappa shape index (κ2) is 4.15. The normalized spacial score (nSPS) is 20.8. The van der Waals surface area contributed by atoms with E-state index >= 15 is 0 Å². The summed E-state index contributed by atoms with van der Waals surface area (Å²) in [5, 5.41) is 10.5. The van der Waals surface area contributed by atoms with Crippen molar-refractivity contribution >= 4 is 5.69 Å². The van der Waals surface area contributed by atoms with Crippen LogP contribution in [0.4, 0.5) is 14.5 Å². The molecule has 0 radical (unpaired) electrons. The molecule has 100 valence electrons. The molecule has 1 aromatic rings. The lowest BCUT2D eigenvalue weighted by Crippen LogP contribution is -2.71. The molecule has 0 aromatic heterocycles. The molecule has 19 heavy (non-hydrogen) atoms. The van der Waals surface area contributed by atoms with Crippen molar-refractivity contribution in [3.05, 3.63) is 29.3 Å². The summed E-state index contributed by atoms with van der Waals surface area (Å²) < 4.78 is 27.0. The maximum atomic E-state index is 13.5. The minimum absolute atomic E-state index is 0.191. The number of nitriles is 1. The van der Waals surface area contributed by atoms with E-state index in [-0.39, 0.29) is 5.41 Å². The first kappa shape index (κ1) is 12.3. The topological polar surface area (TPSA) is 39.5 Å². The summed E-state index contributed by atoms with van der Waals surface area (Å²) in [4.78, 5) is 7.00. The third-order valence-electron chi connectivity index (χ3n) is 3.84. The second-order valence-corrected chi connectivity index (χ2v) is 5.23. The maximum Gasteiger partial charge on any atom is 0.146 e. The van der Waals surface area contributed by atoms with Gasteiger partial charge >= 0.3 is 0 Å². The van der Waals surface area contributed by atoms with Crippen LogP contribution in [-0.4, -0.2) is 38.4 Å². The van der Waals surface area contributed by atoms with Crippen LogP contribution < -0.4 is 4.90 Å². The van der Waals surface area contributed by atoms with Gasteiger partial charge in [-0.2, -0.15) is 10.3 Å². The van der Waals surface area contributed by atoms with Gasteiger partial charge in [0.15, 0.2) is 0 Å². The monoisotopic (exact) mass is 265 g/mol. The third-order valence-corrected chi connectivity index (χ3v) is 3.84. The zero-order chi connectivity index (χ0) is 13.6. The van der Waals surface area contributed by atoms with E-state index in [1.165, 1.54) is 18.2 Å². The van der Waals surface area contributed by atoms with Crippen LogP contribution in [0.3, 0.4) is 0 Å². The quantitative estimate of drug-likeness (QED) is 0.813. The van der Waals surface area contributed by atoms with Gasteiger partial charge in [0.05, 0.1) is 7.11 Å². The van der Waals surface area contributed by atoms with Crippen molar-refractivity contribution in [1.29, 1.82) is 5.26 Å². The number of benzene rings is 1. The molecule has 0 unspecified atom stereocenters. The zero-order valence-corrected chi connectivity index (χ0v) is 10.5. The van der Waals surface area contributed by atoms with E-state index in [0.29, 0.717) is 5.69 Å². The number of hydrogen-bond donors (Lipinski definition) is 0. The number of nitrogens with zero attached hydrogens (tertiary/aromatic N) is 3. The molecule has 3 rings (SSSR count).